The van der Waals surface area contributed by atoms with Gasteiger partial charge in [-0.3, -0.25) is 9.59 Å². The number of carbonyl (C=O) groups is 2. The van der Waals surface area contributed by atoms with Crippen molar-refractivity contribution in [2.24, 2.45) is 5.41 Å². The van der Waals surface area contributed by atoms with E-state index in [0.29, 0.717) is 17.5 Å². The molecule has 2 unspecified atom stereocenters. The normalized spacial score (nSPS) is 23.4. The molecule has 168 valence electrons. The first-order valence-electron chi connectivity index (χ1n) is 11.4. The second-order valence-electron chi connectivity index (χ2n) is 8.78. The average molecular weight is 431 g/mol. The Morgan fingerprint density at radius 3 is 1.69 bits per heavy atom. The van der Waals surface area contributed by atoms with Gasteiger partial charge in [0.15, 0.2) is 17.2 Å². The summed E-state index contributed by atoms with van der Waals surface area (Å²) in [6, 6.07) is 18.5. The first-order chi connectivity index (χ1) is 15.3. The van der Waals surface area contributed by atoms with Crippen LogP contribution < -0.4 is 0 Å². The van der Waals surface area contributed by atoms with Gasteiger partial charge < -0.3 is 4.74 Å². The highest BCUT2D eigenvalue weighted by Crippen LogP contribution is 2.57. The van der Waals surface area contributed by atoms with Crippen LogP contribution in [0, 0.1) is 5.41 Å². The van der Waals surface area contributed by atoms with Crippen LogP contribution in [0.2, 0.25) is 0 Å². The zero-order chi connectivity index (χ0) is 23.5. The van der Waals surface area contributed by atoms with Gasteiger partial charge in [-0.15, -0.1) is 0 Å². The minimum Gasteiger partial charge on any atom is -0.364 e. The molecule has 0 spiro atoms. The van der Waals surface area contributed by atoms with Crippen molar-refractivity contribution in [2.75, 3.05) is 7.11 Å². The lowest BCUT2D eigenvalue weighted by Crippen LogP contribution is -2.62. The summed E-state index contributed by atoms with van der Waals surface area (Å²) in [5, 5.41) is 0. The third kappa shape index (κ3) is 3.40. The summed E-state index contributed by atoms with van der Waals surface area (Å²) in [6.07, 6.45) is 2.26. The van der Waals surface area contributed by atoms with Crippen LogP contribution in [0.3, 0.4) is 0 Å². The minimum absolute atomic E-state index is 0.0543. The molecule has 3 nitrogen and oxygen atoms in total. The van der Waals surface area contributed by atoms with E-state index in [4.69, 9.17) is 4.74 Å². The summed E-state index contributed by atoms with van der Waals surface area (Å²) in [6.45, 7) is 10.1. The van der Waals surface area contributed by atoms with Crippen molar-refractivity contribution in [2.45, 2.75) is 59.5 Å². The van der Waals surface area contributed by atoms with Crippen molar-refractivity contribution in [3.63, 3.8) is 0 Å². The van der Waals surface area contributed by atoms with E-state index in [1.807, 2.05) is 81.4 Å². The summed E-state index contributed by atoms with van der Waals surface area (Å²) in [7, 11) is 1.57. The standard InChI is InChI=1S/C29H34O3/c1-7-8-19-28(26(30)24-15-11-9-12-16-24)22(4)20(2)21(3)23(5)29(28,32-6)27(31)25-17-13-10-14-18-25/h9-18H,7-8,19H2,1-6H3. The number of allylic oxidation sites excluding steroid dienone is 2. The van der Waals surface area contributed by atoms with Crippen molar-refractivity contribution in [1.29, 1.82) is 0 Å². The van der Waals surface area contributed by atoms with Crippen molar-refractivity contribution >= 4 is 11.6 Å². The van der Waals surface area contributed by atoms with Crippen LogP contribution in [0.5, 0.6) is 0 Å². The van der Waals surface area contributed by atoms with Gasteiger partial charge in [0, 0.05) is 18.2 Å². The first kappa shape index (κ1) is 23.9. The molecule has 0 heterocycles. The Hall–Kier alpha value is -2.78. The molecule has 0 bridgehead atoms. The van der Waals surface area contributed by atoms with Gasteiger partial charge >= 0.3 is 0 Å². The van der Waals surface area contributed by atoms with Crippen LogP contribution in [-0.4, -0.2) is 24.3 Å². The monoisotopic (exact) mass is 430 g/mol. The van der Waals surface area contributed by atoms with E-state index >= 15 is 0 Å². The molecule has 1 aliphatic rings. The molecule has 2 aromatic carbocycles. The molecule has 2 aromatic rings. The number of hydrogen-bond donors (Lipinski definition) is 0. The van der Waals surface area contributed by atoms with Gasteiger partial charge in [0.25, 0.3) is 0 Å². The molecule has 0 amide bonds. The van der Waals surface area contributed by atoms with Gasteiger partial charge in [0.05, 0.1) is 5.41 Å². The molecule has 0 saturated heterocycles. The largest absolute Gasteiger partial charge is 0.364 e. The zero-order valence-electron chi connectivity index (χ0n) is 20.1. The lowest BCUT2D eigenvalue weighted by molar-refractivity contribution is -0.0399. The SMILES string of the molecule is CCCCC1(C(=O)c2ccccc2)C(C)=C(C)C(C)=C(C)C1(OC)C(=O)c1ccccc1. The predicted octanol–water partition coefficient (Wildman–Crippen LogP) is 7.00. The fourth-order valence-electron chi connectivity index (χ4n) is 5.39. The summed E-state index contributed by atoms with van der Waals surface area (Å²) >= 11 is 0. The van der Waals surface area contributed by atoms with Gasteiger partial charge in [-0.1, -0.05) is 86.0 Å². The summed E-state index contributed by atoms with van der Waals surface area (Å²) in [4.78, 5) is 28.8. The quantitative estimate of drug-likeness (QED) is 0.423. The number of unbranched alkanes of at least 4 members (excludes halogenated alkanes) is 1. The number of methoxy groups -OCH3 is 1. The Morgan fingerprint density at radius 1 is 0.750 bits per heavy atom. The second kappa shape index (κ2) is 9.38. The number of carbonyl (C=O) groups excluding carboxylic acids is 2. The van der Waals surface area contributed by atoms with Crippen molar-refractivity contribution < 1.29 is 14.3 Å². The third-order valence-corrected chi connectivity index (χ3v) is 7.45. The van der Waals surface area contributed by atoms with E-state index in [0.717, 1.165) is 35.1 Å². The molecule has 3 heteroatoms. The molecule has 0 N–H and O–H groups in total. The fourth-order valence-corrected chi connectivity index (χ4v) is 5.39. The molecule has 1 aliphatic carbocycles. The minimum atomic E-state index is -1.41. The topological polar surface area (TPSA) is 43.4 Å². The van der Waals surface area contributed by atoms with Crippen molar-refractivity contribution in [3.8, 4) is 0 Å². The highest BCUT2D eigenvalue weighted by Gasteiger charge is 2.64. The van der Waals surface area contributed by atoms with E-state index in [1.54, 1.807) is 7.11 Å². The van der Waals surface area contributed by atoms with Crippen LogP contribution in [-0.2, 0) is 4.74 Å². The number of ether oxygens (including phenoxy) is 1. The van der Waals surface area contributed by atoms with E-state index in [9.17, 15) is 9.59 Å². The molecular formula is C29H34O3. The van der Waals surface area contributed by atoms with Crippen molar-refractivity contribution in [3.05, 3.63) is 94.1 Å². The Labute approximate surface area is 192 Å². The maximum Gasteiger partial charge on any atom is 0.200 e. The van der Waals surface area contributed by atoms with Gasteiger partial charge in [-0.05, 0) is 50.8 Å². The van der Waals surface area contributed by atoms with Crippen LogP contribution in [0.15, 0.2) is 83.0 Å². The number of ketones is 2. The zero-order valence-corrected chi connectivity index (χ0v) is 20.1. The smallest absolute Gasteiger partial charge is 0.200 e. The Balaban J connectivity index is 2.43. The molecule has 0 aliphatic heterocycles. The fraction of sp³-hybridized carbons (Fsp3) is 0.379. The number of rotatable bonds is 8. The number of hydrogen-bond acceptors (Lipinski definition) is 3. The lowest BCUT2D eigenvalue weighted by atomic mass is 9.52. The highest BCUT2D eigenvalue weighted by atomic mass is 16.5. The molecule has 0 fully saturated rings. The summed E-state index contributed by atoms with van der Waals surface area (Å²) in [5.41, 5.74) is 2.44. The van der Waals surface area contributed by atoms with Gasteiger partial charge in [-0.2, -0.15) is 0 Å². The lowest BCUT2D eigenvalue weighted by Gasteiger charge is -2.53. The van der Waals surface area contributed by atoms with Crippen LogP contribution in [0.25, 0.3) is 0 Å². The molecular weight excluding hydrogens is 396 g/mol. The predicted molar refractivity (Wildman–Crippen MR) is 130 cm³/mol. The molecule has 3 rings (SSSR count). The van der Waals surface area contributed by atoms with Crippen molar-refractivity contribution in [1.82, 2.24) is 0 Å². The first-order valence-corrected chi connectivity index (χ1v) is 11.4. The Kier molecular flexibility index (Phi) is 7.00. The molecule has 0 radical (unpaired) electrons. The van der Waals surface area contributed by atoms with Crippen LogP contribution >= 0.6 is 0 Å². The van der Waals surface area contributed by atoms with Gasteiger partial charge in [0.2, 0.25) is 0 Å². The van der Waals surface area contributed by atoms with Gasteiger partial charge in [-0.25, -0.2) is 0 Å². The molecule has 0 saturated carbocycles. The third-order valence-electron chi connectivity index (χ3n) is 7.45. The highest BCUT2D eigenvalue weighted by molar-refractivity contribution is 6.14. The Morgan fingerprint density at radius 2 is 1.22 bits per heavy atom. The van der Waals surface area contributed by atoms with E-state index in [1.165, 1.54) is 0 Å². The van der Waals surface area contributed by atoms with Crippen LogP contribution in [0.4, 0.5) is 0 Å². The molecule has 2 atom stereocenters. The van der Waals surface area contributed by atoms with E-state index < -0.39 is 11.0 Å². The summed E-state index contributed by atoms with van der Waals surface area (Å²) in [5.74, 6) is -0.217. The average Bonchev–Trinajstić information content (AvgIpc) is 2.84. The number of benzene rings is 2. The molecule has 32 heavy (non-hydrogen) atoms. The maximum absolute atomic E-state index is 14.5. The number of Topliss-reactive ketones (excluding diaryl/α,β-unsaturated/α-hetero) is 2. The van der Waals surface area contributed by atoms with Gasteiger partial charge in [0.1, 0.15) is 0 Å². The van der Waals surface area contributed by atoms with Crippen LogP contribution in [0.1, 0.15) is 74.6 Å². The van der Waals surface area contributed by atoms with E-state index in [2.05, 4.69) is 13.8 Å². The maximum atomic E-state index is 14.5. The molecule has 0 aromatic heterocycles. The Bertz CT molecular complexity index is 1060. The second-order valence-corrected chi connectivity index (χ2v) is 8.78. The summed E-state index contributed by atoms with van der Waals surface area (Å²) < 4.78 is 6.29. The van der Waals surface area contributed by atoms with E-state index in [-0.39, 0.29) is 11.6 Å².